The van der Waals surface area contributed by atoms with Gasteiger partial charge >= 0.3 is 39.5 Å². The zero-order valence-corrected chi connectivity index (χ0v) is 53.2. The molecule has 0 aliphatic heterocycles. The van der Waals surface area contributed by atoms with Crippen LogP contribution < -0.4 is 0 Å². The molecule has 0 saturated carbocycles. The maximum atomic E-state index is 12.9. The molecule has 0 heterocycles. The molecule has 3 unspecified atom stereocenters. The number of ether oxygens (including phenoxy) is 4. The SMILES string of the molecule is CCCCCCCCCCC(=O)OC[C@H](COP(=O)(O)OC[C@H](O)COP(=O)(O)OC[C@@H](COC(=O)CCCCCCCCCCC(C)CC)OC(=O)CCCCCCCCCCCC(C)C)OC(=O)CCCCCCCCCC. The van der Waals surface area contributed by atoms with E-state index >= 15 is 0 Å². The van der Waals surface area contributed by atoms with Crippen molar-refractivity contribution in [2.75, 3.05) is 39.6 Å². The molecule has 0 aliphatic carbocycles. The molecule has 0 radical (unpaired) electrons. The maximum absolute atomic E-state index is 12.9. The summed E-state index contributed by atoms with van der Waals surface area (Å²) in [6, 6.07) is 0. The Bertz CT molecular complexity index is 1580. The smallest absolute Gasteiger partial charge is 0.462 e. The first-order valence-electron chi connectivity index (χ1n) is 32.0. The summed E-state index contributed by atoms with van der Waals surface area (Å²) < 4.78 is 67.8. The fourth-order valence-corrected chi connectivity index (χ4v) is 10.5. The minimum Gasteiger partial charge on any atom is -0.462 e. The lowest BCUT2D eigenvalue weighted by Crippen LogP contribution is -2.30. The van der Waals surface area contributed by atoms with Crippen molar-refractivity contribution in [3.63, 3.8) is 0 Å². The zero-order chi connectivity index (χ0) is 59.4. The Hall–Kier alpha value is -1.94. The van der Waals surface area contributed by atoms with Gasteiger partial charge in [0, 0.05) is 25.7 Å². The lowest BCUT2D eigenvalue weighted by atomic mass is 9.99. The average Bonchev–Trinajstić information content (AvgIpc) is 3.42. The highest BCUT2D eigenvalue weighted by molar-refractivity contribution is 7.47. The Morgan fingerprint density at radius 3 is 0.950 bits per heavy atom. The summed E-state index contributed by atoms with van der Waals surface area (Å²) in [6.45, 7) is 9.39. The van der Waals surface area contributed by atoms with E-state index in [1.54, 1.807) is 0 Å². The molecule has 0 aromatic carbocycles. The van der Waals surface area contributed by atoms with E-state index in [0.717, 1.165) is 115 Å². The Morgan fingerprint density at radius 1 is 0.362 bits per heavy atom. The Morgan fingerprint density at radius 2 is 0.637 bits per heavy atom. The largest absolute Gasteiger partial charge is 0.472 e. The molecule has 0 rings (SSSR count). The first-order chi connectivity index (χ1) is 38.4. The summed E-state index contributed by atoms with van der Waals surface area (Å²) in [5.41, 5.74) is 0. The van der Waals surface area contributed by atoms with E-state index in [1.807, 2.05) is 0 Å². The number of esters is 4. The van der Waals surface area contributed by atoms with Gasteiger partial charge in [-0.25, -0.2) is 9.13 Å². The second kappa shape index (κ2) is 53.8. The van der Waals surface area contributed by atoms with Crippen molar-refractivity contribution < 1.29 is 80.2 Å². The van der Waals surface area contributed by atoms with Crippen LogP contribution in [0.5, 0.6) is 0 Å². The first-order valence-corrected chi connectivity index (χ1v) is 35.0. The molecule has 3 N–H and O–H groups in total. The number of hydrogen-bond acceptors (Lipinski definition) is 15. The molecule has 0 aromatic heterocycles. The topological polar surface area (TPSA) is 237 Å². The lowest BCUT2D eigenvalue weighted by Gasteiger charge is -2.21. The fourth-order valence-electron chi connectivity index (χ4n) is 8.97. The average molecular weight is 1190 g/mol. The summed E-state index contributed by atoms with van der Waals surface area (Å²) in [7, 11) is -9.87. The first kappa shape index (κ1) is 78.1. The molecule has 0 aromatic rings. The quantitative estimate of drug-likeness (QED) is 0.0222. The fraction of sp³-hybridized carbons (Fsp3) is 0.934. The molecule has 0 bridgehead atoms. The monoisotopic (exact) mass is 1180 g/mol. The van der Waals surface area contributed by atoms with Crippen LogP contribution in [0.2, 0.25) is 0 Å². The Kier molecular flexibility index (Phi) is 52.5. The number of carbonyl (C=O) groups is 4. The molecular weight excluding hydrogens is 1070 g/mol. The van der Waals surface area contributed by atoms with Gasteiger partial charge in [-0.3, -0.25) is 37.3 Å². The molecule has 0 amide bonds. The highest BCUT2D eigenvalue weighted by Gasteiger charge is 2.30. The standard InChI is InChI=1S/C61H118O17P2/c1-7-10-12-14-16-25-31-37-43-58(63)71-49-56(77-60(65)45-39-33-26-17-15-13-11-8-2)51-75-79(67,68)73-47-55(62)48-74-80(69,70)76-52-57(78-61(66)46-40-34-28-20-18-19-23-29-35-41-53(4)5)50-72-59(64)44-38-32-27-22-21-24-30-36-42-54(6)9-3/h53-57,62H,7-52H2,1-6H3,(H,67,68)(H,69,70)/t54?,55-,56+,57+/m0/s1. The molecule has 0 saturated heterocycles. The van der Waals surface area contributed by atoms with Crippen molar-refractivity contribution in [1.82, 2.24) is 0 Å². The second-order valence-corrected chi connectivity index (χ2v) is 25.7. The second-order valence-electron chi connectivity index (χ2n) is 22.8. The van der Waals surface area contributed by atoms with Crippen molar-refractivity contribution in [1.29, 1.82) is 0 Å². The summed E-state index contributed by atoms with van der Waals surface area (Å²) in [4.78, 5) is 71.9. The molecule has 17 nitrogen and oxygen atoms in total. The molecule has 6 atom stereocenters. The van der Waals surface area contributed by atoms with Crippen LogP contribution in [0.4, 0.5) is 0 Å². The summed E-state index contributed by atoms with van der Waals surface area (Å²) in [6.07, 6.45) is 34.9. The normalized spacial score (nSPS) is 14.7. The van der Waals surface area contributed by atoms with Crippen LogP contribution in [0.15, 0.2) is 0 Å². The van der Waals surface area contributed by atoms with Gasteiger partial charge in [0.2, 0.25) is 0 Å². The molecular formula is C61H118O17P2. The number of carbonyl (C=O) groups excluding carboxylic acids is 4. The molecule has 0 fully saturated rings. The van der Waals surface area contributed by atoms with Gasteiger partial charge in [-0.05, 0) is 37.5 Å². The van der Waals surface area contributed by atoms with Gasteiger partial charge in [-0.15, -0.1) is 0 Å². The maximum Gasteiger partial charge on any atom is 0.472 e. The predicted molar refractivity (Wildman–Crippen MR) is 317 cm³/mol. The third kappa shape index (κ3) is 54.0. The van der Waals surface area contributed by atoms with Crippen LogP contribution in [0, 0.1) is 11.8 Å². The Balaban J connectivity index is 5.22. The van der Waals surface area contributed by atoms with Gasteiger partial charge in [0.25, 0.3) is 0 Å². The van der Waals surface area contributed by atoms with Crippen molar-refractivity contribution in [3.05, 3.63) is 0 Å². The minimum absolute atomic E-state index is 0.104. The predicted octanol–water partition coefficient (Wildman–Crippen LogP) is 16.5. The van der Waals surface area contributed by atoms with Crippen molar-refractivity contribution in [2.24, 2.45) is 11.8 Å². The molecule has 0 spiro atoms. The van der Waals surface area contributed by atoms with Crippen molar-refractivity contribution in [2.45, 2.75) is 317 Å². The Labute approximate surface area is 486 Å². The van der Waals surface area contributed by atoms with E-state index in [2.05, 4.69) is 41.5 Å². The van der Waals surface area contributed by atoms with E-state index in [-0.39, 0.29) is 25.7 Å². The third-order valence-electron chi connectivity index (χ3n) is 14.3. The molecule has 474 valence electrons. The van der Waals surface area contributed by atoms with Gasteiger partial charge in [0.1, 0.15) is 19.3 Å². The van der Waals surface area contributed by atoms with Gasteiger partial charge < -0.3 is 33.8 Å². The van der Waals surface area contributed by atoms with E-state index in [1.165, 1.54) is 103 Å². The number of unbranched alkanes of at least 4 members (excludes halogenated alkanes) is 29. The van der Waals surface area contributed by atoms with Crippen molar-refractivity contribution in [3.8, 4) is 0 Å². The van der Waals surface area contributed by atoms with Crippen LogP contribution in [0.1, 0.15) is 298 Å². The van der Waals surface area contributed by atoms with Crippen LogP contribution in [0.3, 0.4) is 0 Å². The molecule has 0 aliphatic rings. The lowest BCUT2D eigenvalue weighted by molar-refractivity contribution is -0.161. The summed E-state index contributed by atoms with van der Waals surface area (Å²) in [5, 5.41) is 10.5. The van der Waals surface area contributed by atoms with Crippen LogP contribution in [0.25, 0.3) is 0 Å². The number of rotatable bonds is 60. The summed E-state index contributed by atoms with van der Waals surface area (Å²) in [5.74, 6) is -0.629. The zero-order valence-electron chi connectivity index (χ0n) is 51.4. The number of aliphatic hydroxyl groups excluding tert-OH is 1. The number of phosphoric acid groups is 2. The number of phosphoric ester groups is 2. The minimum atomic E-state index is -4.94. The summed E-state index contributed by atoms with van der Waals surface area (Å²) >= 11 is 0. The van der Waals surface area contributed by atoms with E-state index in [4.69, 9.17) is 37.0 Å². The highest BCUT2D eigenvalue weighted by Crippen LogP contribution is 2.45. The van der Waals surface area contributed by atoms with Crippen LogP contribution in [-0.4, -0.2) is 96.7 Å². The van der Waals surface area contributed by atoms with Gasteiger partial charge in [-0.1, -0.05) is 247 Å². The third-order valence-corrected chi connectivity index (χ3v) is 16.2. The van der Waals surface area contributed by atoms with Gasteiger partial charge in [-0.2, -0.15) is 0 Å². The number of aliphatic hydroxyl groups is 1. The van der Waals surface area contributed by atoms with E-state index in [9.17, 15) is 43.2 Å². The van der Waals surface area contributed by atoms with Crippen LogP contribution in [-0.2, 0) is 65.4 Å². The molecule has 80 heavy (non-hydrogen) atoms. The highest BCUT2D eigenvalue weighted by atomic mass is 31.2. The van der Waals surface area contributed by atoms with E-state index in [0.29, 0.717) is 25.7 Å². The van der Waals surface area contributed by atoms with E-state index < -0.39 is 97.5 Å². The number of hydrogen-bond donors (Lipinski definition) is 3. The van der Waals surface area contributed by atoms with Gasteiger partial charge in [0.15, 0.2) is 12.2 Å². The molecule has 19 heteroatoms. The van der Waals surface area contributed by atoms with Crippen LogP contribution >= 0.6 is 15.6 Å². The van der Waals surface area contributed by atoms with Gasteiger partial charge in [0.05, 0.1) is 26.4 Å². The van der Waals surface area contributed by atoms with Crippen molar-refractivity contribution >= 4 is 39.5 Å².